The number of ether oxygens (including phenoxy) is 3. The number of carbonyl (C=O) groups is 1. The van der Waals surface area contributed by atoms with E-state index in [-0.39, 0.29) is 5.91 Å². The molecule has 0 aliphatic carbocycles. The molecular formula is C25H40N8O4. The Morgan fingerprint density at radius 1 is 1.00 bits per heavy atom. The molecule has 1 fully saturated rings. The summed E-state index contributed by atoms with van der Waals surface area (Å²) >= 11 is 0. The van der Waals surface area contributed by atoms with Crippen LogP contribution in [0.4, 0.5) is 23.5 Å². The Morgan fingerprint density at radius 2 is 1.73 bits per heavy atom. The highest BCUT2D eigenvalue weighted by molar-refractivity contribution is 5.78. The summed E-state index contributed by atoms with van der Waals surface area (Å²) in [6.45, 7) is 8.63. The van der Waals surface area contributed by atoms with Crippen molar-refractivity contribution in [1.29, 1.82) is 0 Å². The van der Waals surface area contributed by atoms with Crippen LogP contribution in [0.5, 0.6) is 0 Å². The van der Waals surface area contributed by atoms with E-state index < -0.39 is 0 Å². The molecule has 12 heteroatoms. The Labute approximate surface area is 218 Å². The number of hydrogen-bond acceptors (Lipinski definition) is 11. The van der Waals surface area contributed by atoms with Crippen molar-refractivity contribution < 1.29 is 19.0 Å². The number of hydrogen-bond donors (Lipinski definition) is 4. The Balaban J connectivity index is 1.49. The SMILES string of the molecule is CCCCNc1nc(Nc2ccc(CC(=O)NCCOCCOCCN)cc2)nc(N2CCOCC2)n1. The molecule has 2 heterocycles. The second kappa shape index (κ2) is 16.6. The lowest BCUT2D eigenvalue weighted by molar-refractivity contribution is -0.120. The molecule has 1 aliphatic rings. The maximum absolute atomic E-state index is 12.2. The number of rotatable bonds is 17. The van der Waals surface area contributed by atoms with Crippen LogP contribution in [-0.2, 0) is 25.4 Å². The van der Waals surface area contributed by atoms with Gasteiger partial charge in [0.1, 0.15) is 0 Å². The number of nitrogens with one attached hydrogen (secondary N) is 3. The predicted octanol–water partition coefficient (Wildman–Crippen LogP) is 1.31. The van der Waals surface area contributed by atoms with Crippen LogP contribution >= 0.6 is 0 Å². The molecule has 0 atom stereocenters. The van der Waals surface area contributed by atoms with Gasteiger partial charge in [-0.1, -0.05) is 25.5 Å². The number of morpholine rings is 1. The van der Waals surface area contributed by atoms with Gasteiger partial charge in [-0.25, -0.2) is 0 Å². The van der Waals surface area contributed by atoms with Gasteiger partial charge in [-0.05, 0) is 24.1 Å². The molecule has 12 nitrogen and oxygen atoms in total. The predicted molar refractivity (Wildman–Crippen MR) is 143 cm³/mol. The third kappa shape index (κ3) is 10.8. The van der Waals surface area contributed by atoms with Crippen LogP contribution in [0, 0.1) is 0 Å². The normalized spacial score (nSPS) is 13.4. The fraction of sp³-hybridized carbons (Fsp3) is 0.600. The van der Waals surface area contributed by atoms with Gasteiger partial charge in [-0.2, -0.15) is 15.0 Å². The van der Waals surface area contributed by atoms with Gasteiger partial charge in [0.2, 0.25) is 23.8 Å². The van der Waals surface area contributed by atoms with Crippen molar-refractivity contribution in [3.05, 3.63) is 29.8 Å². The molecule has 3 rings (SSSR count). The molecule has 1 aliphatic heterocycles. The van der Waals surface area contributed by atoms with Gasteiger partial charge in [0.15, 0.2) is 0 Å². The summed E-state index contributed by atoms with van der Waals surface area (Å²) in [7, 11) is 0. The monoisotopic (exact) mass is 516 g/mol. The van der Waals surface area contributed by atoms with Crippen LogP contribution < -0.4 is 26.6 Å². The molecule has 37 heavy (non-hydrogen) atoms. The number of nitrogens with two attached hydrogens (primary N) is 1. The third-order valence-electron chi connectivity index (χ3n) is 5.51. The van der Waals surface area contributed by atoms with Crippen LogP contribution in [-0.4, -0.2) is 93.2 Å². The van der Waals surface area contributed by atoms with Crippen molar-refractivity contribution in [1.82, 2.24) is 20.3 Å². The van der Waals surface area contributed by atoms with Gasteiger partial charge >= 0.3 is 0 Å². The molecule has 0 spiro atoms. The first-order valence-electron chi connectivity index (χ1n) is 13.0. The second-order valence-corrected chi connectivity index (χ2v) is 8.52. The first kappa shape index (κ1) is 28.5. The fourth-order valence-corrected chi connectivity index (χ4v) is 3.53. The quantitative estimate of drug-likeness (QED) is 0.226. The van der Waals surface area contributed by atoms with Gasteiger partial charge in [-0.15, -0.1) is 0 Å². The number of unbranched alkanes of at least 4 members (excludes halogenated alkanes) is 1. The fourth-order valence-electron chi connectivity index (χ4n) is 3.53. The third-order valence-corrected chi connectivity index (χ3v) is 5.51. The molecule has 5 N–H and O–H groups in total. The molecule has 1 aromatic carbocycles. The molecule has 0 radical (unpaired) electrons. The minimum atomic E-state index is -0.0564. The maximum Gasteiger partial charge on any atom is 0.233 e. The number of nitrogens with zero attached hydrogens (tertiary/aromatic N) is 4. The zero-order chi connectivity index (χ0) is 26.1. The summed E-state index contributed by atoms with van der Waals surface area (Å²) in [4.78, 5) is 28.1. The Morgan fingerprint density at radius 3 is 2.46 bits per heavy atom. The number of benzene rings is 1. The number of aromatic nitrogens is 3. The molecule has 0 saturated carbocycles. The molecule has 1 amide bonds. The minimum Gasteiger partial charge on any atom is -0.378 e. The number of carbonyl (C=O) groups excluding carboxylic acids is 1. The average Bonchev–Trinajstić information content (AvgIpc) is 2.92. The summed E-state index contributed by atoms with van der Waals surface area (Å²) in [5, 5.41) is 9.42. The van der Waals surface area contributed by atoms with Crippen molar-refractivity contribution in [2.75, 3.05) is 87.9 Å². The van der Waals surface area contributed by atoms with Gasteiger partial charge in [0, 0.05) is 38.4 Å². The van der Waals surface area contributed by atoms with Crippen molar-refractivity contribution >= 4 is 29.4 Å². The van der Waals surface area contributed by atoms with Crippen LogP contribution in [0.15, 0.2) is 24.3 Å². The summed E-state index contributed by atoms with van der Waals surface area (Å²) in [5.41, 5.74) is 7.09. The zero-order valence-electron chi connectivity index (χ0n) is 21.7. The Bertz CT molecular complexity index is 925. The molecule has 0 bridgehead atoms. The first-order chi connectivity index (χ1) is 18.2. The lowest BCUT2D eigenvalue weighted by atomic mass is 10.1. The topological polar surface area (TPSA) is 149 Å². The number of amides is 1. The van der Waals surface area contributed by atoms with Crippen LogP contribution in [0.1, 0.15) is 25.3 Å². The highest BCUT2D eigenvalue weighted by Gasteiger charge is 2.17. The Kier molecular flexibility index (Phi) is 12.8. The summed E-state index contributed by atoms with van der Waals surface area (Å²) in [6, 6.07) is 7.65. The van der Waals surface area contributed by atoms with Gasteiger partial charge in [-0.3, -0.25) is 4.79 Å². The summed E-state index contributed by atoms with van der Waals surface area (Å²) < 4.78 is 16.1. The van der Waals surface area contributed by atoms with Crippen LogP contribution in [0.25, 0.3) is 0 Å². The van der Waals surface area contributed by atoms with Crippen molar-refractivity contribution in [3.8, 4) is 0 Å². The lowest BCUT2D eigenvalue weighted by Crippen LogP contribution is -2.37. The van der Waals surface area contributed by atoms with Gasteiger partial charge in [0.25, 0.3) is 0 Å². The highest BCUT2D eigenvalue weighted by Crippen LogP contribution is 2.19. The van der Waals surface area contributed by atoms with E-state index in [2.05, 4.69) is 42.7 Å². The molecule has 1 aromatic heterocycles. The molecule has 1 saturated heterocycles. The van der Waals surface area contributed by atoms with Gasteiger partial charge < -0.3 is 40.8 Å². The second-order valence-electron chi connectivity index (χ2n) is 8.52. The largest absolute Gasteiger partial charge is 0.378 e. The van der Waals surface area contributed by atoms with Crippen LogP contribution in [0.3, 0.4) is 0 Å². The molecule has 204 valence electrons. The van der Waals surface area contributed by atoms with Crippen molar-refractivity contribution in [2.24, 2.45) is 5.73 Å². The smallest absolute Gasteiger partial charge is 0.233 e. The van der Waals surface area contributed by atoms with E-state index in [1.54, 1.807) is 0 Å². The first-order valence-corrected chi connectivity index (χ1v) is 13.0. The standard InChI is InChI=1S/C25H40N8O4/c1-2-3-9-28-23-30-24(32-25(31-23)33-11-15-37-16-12-33)29-21-6-4-20(5-7-21)19-22(34)27-10-14-36-18-17-35-13-8-26/h4-7H,2-3,8-19,26H2,1H3,(H,27,34)(H2,28,29,30,31,32). The molecular weight excluding hydrogens is 476 g/mol. The van der Waals surface area contributed by atoms with Crippen molar-refractivity contribution in [2.45, 2.75) is 26.2 Å². The lowest BCUT2D eigenvalue weighted by Gasteiger charge is -2.27. The maximum atomic E-state index is 12.2. The van der Waals surface area contributed by atoms with Gasteiger partial charge in [0.05, 0.1) is 46.1 Å². The minimum absolute atomic E-state index is 0.0564. The highest BCUT2D eigenvalue weighted by atomic mass is 16.5. The molecule has 2 aromatic rings. The zero-order valence-corrected chi connectivity index (χ0v) is 21.7. The van der Waals surface area contributed by atoms with E-state index >= 15 is 0 Å². The molecule has 0 unspecified atom stereocenters. The summed E-state index contributed by atoms with van der Waals surface area (Å²) in [6.07, 6.45) is 2.41. The number of anilines is 4. The van der Waals surface area contributed by atoms with E-state index in [1.165, 1.54) is 0 Å². The summed E-state index contributed by atoms with van der Waals surface area (Å²) in [5.74, 6) is 1.58. The Hall–Kier alpha value is -3.06. The van der Waals surface area contributed by atoms with E-state index in [4.69, 9.17) is 19.9 Å². The average molecular weight is 517 g/mol. The van der Waals surface area contributed by atoms with E-state index in [0.29, 0.717) is 77.0 Å². The van der Waals surface area contributed by atoms with E-state index in [1.807, 2.05) is 24.3 Å². The van der Waals surface area contributed by atoms with E-state index in [0.717, 1.165) is 43.7 Å². The van der Waals surface area contributed by atoms with Crippen LogP contribution in [0.2, 0.25) is 0 Å². The van der Waals surface area contributed by atoms with Crippen molar-refractivity contribution in [3.63, 3.8) is 0 Å². The van der Waals surface area contributed by atoms with E-state index in [9.17, 15) is 4.79 Å².